The van der Waals surface area contributed by atoms with Gasteiger partial charge in [-0.25, -0.2) is 0 Å². The van der Waals surface area contributed by atoms with E-state index in [0.29, 0.717) is 16.3 Å². The average Bonchev–Trinajstić information content (AvgIpc) is 2.79. The van der Waals surface area contributed by atoms with Gasteiger partial charge in [0.1, 0.15) is 0 Å². The molecule has 0 aromatic heterocycles. The highest BCUT2D eigenvalue weighted by atomic mass is 35.5. The second kappa shape index (κ2) is 5.59. The first kappa shape index (κ1) is 13.8. The van der Waals surface area contributed by atoms with E-state index in [1.54, 1.807) is 18.2 Å². The first-order chi connectivity index (χ1) is 9.06. The summed E-state index contributed by atoms with van der Waals surface area (Å²) in [5.74, 6) is -1.01. The van der Waals surface area contributed by atoms with E-state index >= 15 is 0 Å². The Labute approximate surface area is 115 Å². The SMILES string of the molecule is COC(=O)C1CC(=O)N(c2ccc(Cl)cc2CO)C1. The molecule has 1 unspecified atom stereocenters. The van der Waals surface area contributed by atoms with E-state index in [0.717, 1.165) is 0 Å². The zero-order chi connectivity index (χ0) is 14.0. The van der Waals surface area contributed by atoms with Gasteiger partial charge < -0.3 is 14.7 Å². The minimum Gasteiger partial charge on any atom is -0.469 e. The zero-order valence-electron chi connectivity index (χ0n) is 10.4. The molecule has 1 aliphatic rings. The van der Waals surface area contributed by atoms with Gasteiger partial charge in [-0.1, -0.05) is 11.6 Å². The number of aliphatic hydroxyl groups excluding tert-OH is 1. The van der Waals surface area contributed by atoms with Crippen LogP contribution in [0.25, 0.3) is 0 Å². The smallest absolute Gasteiger partial charge is 0.311 e. The second-order valence-electron chi connectivity index (χ2n) is 4.36. The molecule has 0 bridgehead atoms. The summed E-state index contributed by atoms with van der Waals surface area (Å²) in [7, 11) is 1.30. The number of aliphatic hydroxyl groups is 1. The molecule has 1 atom stereocenters. The third-order valence-electron chi connectivity index (χ3n) is 3.16. The number of carbonyl (C=O) groups is 2. The fourth-order valence-corrected chi connectivity index (χ4v) is 2.40. The summed E-state index contributed by atoms with van der Waals surface area (Å²) in [6.07, 6.45) is 0.125. The second-order valence-corrected chi connectivity index (χ2v) is 4.80. The van der Waals surface area contributed by atoms with E-state index in [9.17, 15) is 14.7 Å². The Kier molecular flexibility index (Phi) is 4.07. The number of rotatable bonds is 3. The number of ether oxygens (including phenoxy) is 1. The van der Waals surface area contributed by atoms with Gasteiger partial charge in [0.2, 0.25) is 5.91 Å². The van der Waals surface area contributed by atoms with Crippen molar-refractivity contribution < 1.29 is 19.4 Å². The molecule has 6 heteroatoms. The Balaban J connectivity index is 2.28. The monoisotopic (exact) mass is 283 g/mol. The Hall–Kier alpha value is -1.59. The van der Waals surface area contributed by atoms with Crippen molar-refractivity contribution in [3.05, 3.63) is 28.8 Å². The molecule has 1 aromatic rings. The molecule has 1 saturated heterocycles. The maximum absolute atomic E-state index is 12.0. The summed E-state index contributed by atoms with van der Waals surface area (Å²) in [6, 6.07) is 4.93. The number of methoxy groups -OCH3 is 1. The van der Waals surface area contributed by atoms with Crippen molar-refractivity contribution in [3.63, 3.8) is 0 Å². The van der Waals surface area contributed by atoms with Gasteiger partial charge in [-0.3, -0.25) is 9.59 Å². The van der Waals surface area contributed by atoms with E-state index in [1.807, 2.05) is 0 Å². The minimum absolute atomic E-state index is 0.125. The number of hydrogen-bond donors (Lipinski definition) is 1. The zero-order valence-corrected chi connectivity index (χ0v) is 11.2. The number of nitrogens with zero attached hydrogens (tertiary/aromatic N) is 1. The van der Waals surface area contributed by atoms with Crippen molar-refractivity contribution in [1.29, 1.82) is 0 Å². The number of amides is 1. The van der Waals surface area contributed by atoms with Crippen LogP contribution in [0, 0.1) is 5.92 Å². The molecule has 1 fully saturated rings. The summed E-state index contributed by atoms with van der Waals surface area (Å²) >= 11 is 5.85. The molecule has 1 amide bonds. The van der Waals surface area contributed by atoms with Crippen LogP contribution in [-0.4, -0.2) is 30.6 Å². The third kappa shape index (κ3) is 2.72. The first-order valence-corrected chi connectivity index (χ1v) is 6.22. The lowest BCUT2D eigenvalue weighted by atomic mass is 10.1. The third-order valence-corrected chi connectivity index (χ3v) is 3.40. The van der Waals surface area contributed by atoms with E-state index in [1.165, 1.54) is 12.0 Å². The molecule has 0 saturated carbocycles. The largest absolute Gasteiger partial charge is 0.469 e. The van der Waals surface area contributed by atoms with Crippen LogP contribution >= 0.6 is 11.6 Å². The highest BCUT2D eigenvalue weighted by molar-refractivity contribution is 6.30. The van der Waals surface area contributed by atoms with E-state index in [4.69, 9.17) is 11.6 Å². The Morgan fingerprint density at radius 1 is 1.58 bits per heavy atom. The highest BCUT2D eigenvalue weighted by Gasteiger charge is 2.36. The molecular weight excluding hydrogens is 270 g/mol. The fourth-order valence-electron chi connectivity index (χ4n) is 2.21. The summed E-state index contributed by atoms with van der Waals surface area (Å²) in [4.78, 5) is 24.9. The first-order valence-electron chi connectivity index (χ1n) is 5.84. The van der Waals surface area contributed by atoms with Gasteiger partial charge in [0, 0.05) is 29.2 Å². The Morgan fingerprint density at radius 2 is 2.32 bits per heavy atom. The molecule has 0 radical (unpaired) electrons. The van der Waals surface area contributed by atoms with Gasteiger partial charge >= 0.3 is 5.97 Å². The summed E-state index contributed by atoms with van der Waals surface area (Å²) in [6.45, 7) is 0.0443. The van der Waals surface area contributed by atoms with Gasteiger partial charge in [-0.2, -0.15) is 0 Å². The Morgan fingerprint density at radius 3 is 2.95 bits per heavy atom. The average molecular weight is 284 g/mol. The van der Waals surface area contributed by atoms with Crippen LogP contribution in [0.5, 0.6) is 0 Å². The molecule has 5 nitrogen and oxygen atoms in total. The lowest BCUT2D eigenvalue weighted by Gasteiger charge is -2.19. The van der Waals surface area contributed by atoms with Crippen LogP contribution in [0.1, 0.15) is 12.0 Å². The number of esters is 1. The van der Waals surface area contributed by atoms with Gasteiger partial charge in [0.25, 0.3) is 0 Å². The number of hydrogen-bond acceptors (Lipinski definition) is 4. The molecule has 1 heterocycles. The predicted octanol–water partition coefficient (Wildman–Crippen LogP) is 1.36. The molecule has 2 rings (SSSR count). The van der Waals surface area contributed by atoms with Crippen LogP contribution in [0.3, 0.4) is 0 Å². The molecular formula is C13H14ClNO4. The van der Waals surface area contributed by atoms with E-state index in [-0.39, 0.29) is 25.5 Å². The Bertz CT molecular complexity index is 517. The molecule has 0 spiro atoms. The van der Waals surface area contributed by atoms with Crippen LogP contribution < -0.4 is 4.90 Å². The van der Waals surface area contributed by atoms with Gasteiger partial charge in [0.15, 0.2) is 0 Å². The molecule has 1 N–H and O–H groups in total. The highest BCUT2D eigenvalue weighted by Crippen LogP contribution is 2.30. The molecule has 19 heavy (non-hydrogen) atoms. The summed E-state index contributed by atoms with van der Waals surface area (Å²) in [5.41, 5.74) is 1.15. The summed E-state index contributed by atoms with van der Waals surface area (Å²) < 4.78 is 4.65. The van der Waals surface area contributed by atoms with Crippen molar-refractivity contribution in [1.82, 2.24) is 0 Å². The predicted molar refractivity (Wildman–Crippen MR) is 69.9 cm³/mol. The maximum atomic E-state index is 12.0. The van der Waals surface area contributed by atoms with Crippen molar-refractivity contribution >= 4 is 29.2 Å². The van der Waals surface area contributed by atoms with Crippen LogP contribution in [0.4, 0.5) is 5.69 Å². The van der Waals surface area contributed by atoms with Crippen LogP contribution in [0.15, 0.2) is 18.2 Å². The number of benzene rings is 1. The normalized spacial score (nSPS) is 18.8. The van der Waals surface area contributed by atoms with Crippen LogP contribution in [-0.2, 0) is 20.9 Å². The summed E-state index contributed by atoms with van der Waals surface area (Å²) in [5, 5.41) is 9.81. The van der Waals surface area contributed by atoms with Crippen molar-refractivity contribution in [2.24, 2.45) is 5.92 Å². The van der Waals surface area contributed by atoms with Gasteiger partial charge in [0.05, 0.1) is 19.6 Å². The molecule has 0 aliphatic carbocycles. The maximum Gasteiger partial charge on any atom is 0.311 e. The quantitative estimate of drug-likeness (QED) is 0.851. The number of halogens is 1. The molecule has 102 valence electrons. The number of carbonyl (C=O) groups excluding carboxylic acids is 2. The van der Waals surface area contributed by atoms with Gasteiger partial charge in [-0.05, 0) is 18.2 Å². The van der Waals surface area contributed by atoms with Crippen LogP contribution in [0.2, 0.25) is 5.02 Å². The lowest BCUT2D eigenvalue weighted by molar-refractivity contribution is -0.145. The van der Waals surface area contributed by atoms with Crippen molar-refractivity contribution in [2.75, 3.05) is 18.6 Å². The van der Waals surface area contributed by atoms with Crippen molar-refractivity contribution in [2.45, 2.75) is 13.0 Å². The standard InChI is InChI=1S/C13H14ClNO4/c1-19-13(18)8-5-12(17)15(6-8)11-3-2-10(14)4-9(11)7-16/h2-4,8,16H,5-7H2,1H3. The fraction of sp³-hybridized carbons (Fsp3) is 0.385. The number of anilines is 1. The minimum atomic E-state index is -0.459. The lowest BCUT2D eigenvalue weighted by Crippen LogP contribution is -2.27. The van der Waals surface area contributed by atoms with E-state index < -0.39 is 11.9 Å². The molecule has 1 aliphatic heterocycles. The van der Waals surface area contributed by atoms with E-state index in [2.05, 4.69) is 4.74 Å². The van der Waals surface area contributed by atoms with Gasteiger partial charge in [-0.15, -0.1) is 0 Å². The molecule has 1 aromatic carbocycles. The van der Waals surface area contributed by atoms with Crippen molar-refractivity contribution in [3.8, 4) is 0 Å². The topological polar surface area (TPSA) is 66.8 Å².